The number of aryl methyl sites for hydroxylation is 1. The van der Waals surface area contributed by atoms with E-state index in [1.54, 1.807) is 4.52 Å². The van der Waals surface area contributed by atoms with Gasteiger partial charge in [-0.1, -0.05) is 12.8 Å². The van der Waals surface area contributed by atoms with Crippen molar-refractivity contribution >= 4 is 23.4 Å². The number of nitrogens with zero attached hydrogens (tertiary/aromatic N) is 4. The molecule has 27 heavy (non-hydrogen) atoms. The average molecular weight is 371 g/mol. The molecule has 2 aromatic rings. The van der Waals surface area contributed by atoms with E-state index < -0.39 is 0 Å². The fourth-order valence-electron chi connectivity index (χ4n) is 3.96. The van der Waals surface area contributed by atoms with Crippen molar-refractivity contribution in [2.45, 2.75) is 57.5 Å². The molecule has 3 heterocycles. The van der Waals surface area contributed by atoms with Crippen molar-refractivity contribution in [2.24, 2.45) is 5.92 Å². The van der Waals surface area contributed by atoms with Crippen molar-refractivity contribution in [2.75, 3.05) is 11.9 Å². The van der Waals surface area contributed by atoms with E-state index in [0.717, 1.165) is 37.2 Å². The maximum absolute atomic E-state index is 12.7. The van der Waals surface area contributed by atoms with Crippen LogP contribution in [0.4, 0.5) is 5.82 Å². The maximum atomic E-state index is 12.7. The standard InChI is InChI=1S/C18H25N7O2/c1-11-8-15(25-18(22-11)20-10-21-25)23-13-4-2-3-5-14(13)24-17(27)12-6-7-16(26)19-9-12/h8,10,12-14,23H,2-7,9H2,1H3,(H,19,26)(H,24,27). The molecule has 4 rings (SSSR count). The lowest BCUT2D eigenvalue weighted by molar-refractivity contribution is -0.129. The lowest BCUT2D eigenvalue weighted by Gasteiger charge is -2.34. The van der Waals surface area contributed by atoms with Crippen molar-refractivity contribution in [1.29, 1.82) is 0 Å². The predicted molar refractivity (Wildman–Crippen MR) is 99.1 cm³/mol. The number of carbonyl (C=O) groups is 2. The van der Waals surface area contributed by atoms with E-state index >= 15 is 0 Å². The first-order valence-electron chi connectivity index (χ1n) is 9.61. The smallest absolute Gasteiger partial charge is 0.254 e. The Kier molecular flexibility index (Phi) is 4.91. The molecule has 0 bridgehead atoms. The lowest BCUT2D eigenvalue weighted by atomic mass is 9.89. The molecule has 0 aromatic carbocycles. The SMILES string of the molecule is Cc1cc(NC2CCCCC2NC(=O)C2CCC(=O)NC2)n2ncnc2n1. The van der Waals surface area contributed by atoms with Gasteiger partial charge in [-0.25, -0.2) is 4.98 Å². The van der Waals surface area contributed by atoms with Crippen molar-refractivity contribution in [3.63, 3.8) is 0 Å². The second-order valence-corrected chi connectivity index (χ2v) is 7.44. The number of nitrogens with one attached hydrogen (secondary N) is 3. The summed E-state index contributed by atoms with van der Waals surface area (Å²) in [5, 5.41) is 13.8. The zero-order valence-electron chi connectivity index (χ0n) is 15.4. The molecule has 1 saturated heterocycles. The number of amides is 2. The Hall–Kier alpha value is -2.71. The van der Waals surface area contributed by atoms with Gasteiger partial charge < -0.3 is 16.0 Å². The van der Waals surface area contributed by atoms with Crippen LogP contribution >= 0.6 is 0 Å². The molecule has 2 aliphatic rings. The fourth-order valence-corrected chi connectivity index (χ4v) is 3.96. The van der Waals surface area contributed by atoms with Crippen LogP contribution in [-0.4, -0.2) is 50.0 Å². The quantitative estimate of drug-likeness (QED) is 0.733. The summed E-state index contributed by atoms with van der Waals surface area (Å²) in [7, 11) is 0. The second-order valence-electron chi connectivity index (χ2n) is 7.44. The number of anilines is 1. The summed E-state index contributed by atoms with van der Waals surface area (Å²) in [5.41, 5.74) is 0.868. The molecule has 144 valence electrons. The van der Waals surface area contributed by atoms with Gasteiger partial charge in [0.05, 0.1) is 5.92 Å². The van der Waals surface area contributed by atoms with Crippen LogP contribution in [0, 0.1) is 12.8 Å². The molecule has 3 atom stereocenters. The van der Waals surface area contributed by atoms with Gasteiger partial charge in [0.25, 0.3) is 5.78 Å². The van der Waals surface area contributed by atoms with E-state index in [0.29, 0.717) is 25.2 Å². The van der Waals surface area contributed by atoms with Gasteiger partial charge in [0.1, 0.15) is 12.1 Å². The molecule has 3 N–H and O–H groups in total. The number of fused-ring (bicyclic) bond motifs is 1. The zero-order valence-corrected chi connectivity index (χ0v) is 15.4. The summed E-state index contributed by atoms with van der Waals surface area (Å²) in [6.45, 7) is 2.36. The maximum Gasteiger partial charge on any atom is 0.254 e. The molecule has 1 aliphatic carbocycles. The Morgan fingerprint density at radius 2 is 2.07 bits per heavy atom. The molecule has 1 saturated carbocycles. The summed E-state index contributed by atoms with van der Waals surface area (Å²) in [6.07, 6.45) is 6.66. The van der Waals surface area contributed by atoms with Crippen molar-refractivity contribution in [3.8, 4) is 0 Å². The summed E-state index contributed by atoms with van der Waals surface area (Å²) in [4.78, 5) is 32.5. The van der Waals surface area contributed by atoms with Crippen LogP contribution in [0.2, 0.25) is 0 Å². The average Bonchev–Trinajstić information content (AvgIpc) is 3.12. The molecular weight excluding hydrogens is 346 g/mol. The van der Waals surface area contributed by atoms with Crippen molar-refractivity contribution in [3.05, 3.63) is 18.1 Å². The van der Waals surface area contributed by atoms with E-state index in [1.165, 1.54) is 6.33 Å². The van der Waals surface area contributed by atoms with Gasteiger partial charge in [0.15, 0.2) is 0 Å². The number of carbonyl (C=O) groups excluding carboxylic acids is 2. The molecule has 3 unspecified atom stereocenters. The van der Waals surface area contributed by atoms with Crippen molar-refractivity contribution in [1.82, 2.24) is 30.2 Å². The third kappa shape index (κ3) is 3.86. The topological polar surface area (TPSA) is 113 Å². The highest BCUT2D eigenvalue weighted by Crippen LogP contribution is 2.24. The zero-order chi connectivity index (χ0) is 18.8. The highest BCUT2D eigenvalue weighted by molar-refractivity contribution is 5.83. The van der Waals surface area contributed by atoms with Crippen LogP contribution in [0.25, 0.3) is 5.78 Å². The van der Waals surface area contributed by atoms with E-state index in [9.17, 15) is 9.59 Å². The number of piperidine rings is 1. The van der Waals surface area contributed by atoms with Crippen LogP contribution in [0.5, 0.6) is 0 Å². The van der Waals surface area contributed by atoms with Gasteiger partial charge in [-0.05, 0) is 26.2 Å². The minimum Gasteiger partial charge on any atom is -0.365 e. The summed E-state index contributed by atoms with van der Waals surface area (Å²) in [5.74, 6) is 1.32. The Labute approximate surface area is 157 Å². The third-order valence-electron chi connectivity index (χ3n) is 5.44. The first-order chi connectivity index (χ1) is 13.1. The highest BCUT2D eigenvalue weighted by Gasteiger charge is 2.31. The second kappa shape index (κ2) is 7.50. The number of hydrogen-bond acceptors (Lipinski definition) is 6. The van der Waals surface area contributed by atoms with Gasteiger partial charge in [-0.15, -0.1) is 0 Å². The van der Waals surface area contributed by atoms with Crippen LogP contribution in [0.1, 0.15) is 44.2 Å². The van der Waals surface area contributed by atoms with E-state index in [-0.39, 0.29) is 29.8 Å². The van der Waals surface area contributed by atoms with Crippen molar-refractivity contribution < 1.29 is 9.59 Å². The van der Waals surface area contributed by atoms with Gasteiger partial charge in [0.2, 0.25) is 11.8 Å². The Morgan fingerprint density at radius 3 is 2.85 bits per heavy atom. The van der Waals surface area contributed by atoms with Gasteiger partial charge in [0, 0.05) is 36.8 Å². The summed E-state index contributed by atoms with van der Waals surface area (Å²) in [6, 6.07) is 2.12. The van der Waals surface area contributed by atoms with Crippen LogP contribution in [-0.2, 0) is 9.59 Å². The predicted octanol–water partition coefficient (Wildman–Crippen LogP) is 0.798. The Bertz CT molecular complexity index is 839. The first kappa shape index (κ1) is 17.7. The van der Waals surface area contributed by atoms with Crippen LogP contribution < -0.4 is 16.0 Å². The molecule has 0 radical (unpaired) electrons. The first-order valence-corrected chi connectivity index (χ1v) is 9.61. The monoisotopic (exact) mass is 371 g/mol. The van der Waals surface area contributed by atoms with E-state index in [4.69, 9.17) is 0 Å². The normalized spacial score (nSPS) is 25.8. The Morgan fingerprint density at radius 1 is 1.26 bits per heavy atom. The summed E-state index contributed by atoms with van der Waals surface area (Å²) < 4.78 is 1.69. The van der Waals surface area contributed by atoms with E-state index in [2.05, 4.69) is 31.0 Å². The third-order valence-corrected chi connectivity index (χ3v) is 5.44. The minimum atomic E-state index is -0.143. The molecule has 0 spiro atoms. The fraction of sp³-hybridized carbons (Fsp3) is 0.611. The molecule has 9 nitrogen and oxygen atoms in total. The van der Waals surface area contributed by atoms with Crippen LogP contribution in [0.15, 0.2) is 12.4 Å². The molecular formula is C18H25N7O2. The number of rotatable bonds is 4. The highest BCUT2D eigenvalue weighted by atomic mass is 16.2. The summed E-state index contributed by atoms with van der Waals surface area (Å²) >= 11 is 0. The largest absolute Gasteiger partial charge is 0.365 e. The molecule has 2 aromatic heterocycles. The minimum absolute atomic E-state index is 0.0289. The van der Waals surface area contributed by atoms with Crippen LogP contribution in [0.3, 0.4) is 0 Å². The number of aromatic nitrogens is 4. The molecule has 2 fully saturated rings. The molecule has 9 heteroatoms. The number of hydrogen-bond donors (Lipinski definition) is 3. The molecule has 1 aliphatic heterocycles. The van der Waals surface area contributed by atoms with E-state index in [1.807, 2.05) is 13.0 Å². The molecule has 2 amide bonds. The lowest BCUT2D eigenvalue weighted by Crippen LogP contribution is -2.52. The van der Waals surface area contributed by atoms with Gasteiger partial charge in [-0.3, -0.25) is 9.59 Å². The Balaban J connectivity index is 1.46. The van der Waals surface area contributed by atoms with Gasteiger partial charge in [-0.2, -0.15) is 14.6 Å². The van der Waals surface area contributed by atoms with Gasteiger partial charge >= 0.3 is 0 Å².